The standard InChI is InChI=1S/C15H16N2O/c1-15(2)10-17(16-14(15)18)13-8-7-11-5-3-4-6-12(11)9-13/h3-9H,10H2,1-2H3,(H,16,18). The van der Waals surface area contributed by atoms with Crippen LogP contribution in [0.15, 0.2) is 42.5 Å². The van der Waals surface area contributed by atoms with Crippen LogP contribution in [0.3, 0.4) is 0 Å². The maximum Gasteiger partial charge on any atom is 0.246 e. The highest BCUT2D eigenvalue weighted by Crippen LogP contribution is 2.28. The number of carbonyl (C=O) groups is 1. The Bertz CT molecular complexity index is 619. The molecular weight excluding hydrogens is 224 g/mol. The number of carbonyl (C=O) groups excluding carboxylic acids is 1. The summed E-state index contributed by atoms with van der Waals surface area (Å²) in [5, 5.41) is 4.33. The van der Waals surface area contributed by atoms with Gasteiger partial charge in [-0.05, 0) is 36.8 Å². The molecule has 1 aliphatic rings. The van der Waals surface area contributed by atoms with Gasteiger partial charge in [0.2, 0.25) is 5.91 Å². The predicted molar refractivity (Wildman–Crippen MR) is 73.2 cm³/mol. The van der Waals surface area contributed by atoms with Crippen LogP contribution in [0.25, 0.3) is 10.8 Å². The molecule has 0 aliphatic carbocycles. The van der Waals surface area contributed by atoms with Gasteiger partial charge in [-0.2, -0.15) is 0 Å². The van der Waals surface area contributed by atoms with Gasteiger partial charge in [-0.3, -0.25) is 15.2 Å². The number of fused-ring (bicyclic) bond motifs is 1. The van der Waals surface area contributed by atoms with Crippen molar-refractivity contribution in [3.63, 3.8) is 0 Å². The van der Waals surface area contributed by atoms with Gasteiger partial charge in [0, 0.05) is 0 Å². The lowest BCUT2D eigenvalue weighted by molar-refractivity contribution is -0.125. The Kier molecular flexibility index (Phi) is 2.30. The third kappa shape index (κ3) is 1.72. The van der Waals surface area contributed by atoms with E-state index in [2.05, 4.69) is 29.7 Å². The zero-order chi connectivity index (χ0) is 12.8. The molecule has 1 fully saturated rings. The van der Waals surface area contributed by atoms with Crippen molar-refractivity contribution in [3.05, 3.63) is 42.5 Å². The van der Waals surface area contributed by atoms with E-state index in [0.717, 1.165) is 5.69 Å². The molecule has 3 rings (SSSR count). The highest BCUT2D eigenvalue weighted by Gasteiger charge is 2.37. The van der Waals surface area contributed by atoms with Crippen LogP contribution in [0, 0.1) is 5.41 Å². The van der Waals surface area contributed by atoms with Crippen LogP contribution in [0.1, 0.15) is 13.8 Å². The van der Waals surface area contributed by atoms with E-state index in [9.17, 15) is 4.79 Å². The van der Waals surface area contributed by atoms with Crippen molar-refractivity contribution in [1.29, 1.82) is 0 Å². The van der Waals surface area contributed by atoms with Crippen LogP contribution in [0.5, 0.6) is 0 Å². The van der Waals surface area contributed by atoms with Gasteiger partial charge in [-0.25, -0.2) is 0 Å². The van der Waals surface area contributed by atoms with E-state index in [1.807, 2.05) is 37.1 Å². The molecule has 0 aromatic heterocycles. The van der Waals surface area contributed by atoms with Crippen molar-refractivity contribution >= 4 is 22.4 Å². The average molecular weight is 240 g/mol. The number of hydrazine groups is 1. The predicted octanol–water partition coefficient (Wildman–Crippen LogP) is 2.72. The Morgan fingerprint density at radius 1 is 1.11 bits per heavy atom. The van der Waals surface area contributed by atoms with E-state index >= 15 is 0 Å². The maximum atomic E-state index is 11.8. The lowest BCUT2D eigenvalue weighted by Gasteiger charge is -2.19. The van der Waals surface area contributed by atoms with Gasteiger partial charge in [-0.1, -0.05) is 30.3 Å². The van der Waals surface area contributed by atoms with Crippen LogP contribution in [0.2, 0.25) is 0 Å². The molecule has 1 heterocycles. The molecule has 1 saturated heterocycles. The Morgan fingerprint density at radius 2 is 1.83 bits per heavy atom. The third-order valence-corrected chi connectivity index (χ3v) is 3.45. The molecule has 1 amide bonds. The van der Waals surface area contributed by atoms with Gasteiger partial charge in [0.05, 0.1) is 17.6 Å². The molecule has 0 saturated carbocycles. The summed E-state index contributed by atoms with van der Waals surface area (Å²) in [6, 6.07) is 14.5. The zero-order valence-corrected chi connectivity index (χ0v) is 10.6. The molecule has 92 valence electrons. The minimum absolute atomic E-state index is 0.0793. The number of hydrogen-bond acceptors (Lipinski definition) is 2. The van der Waals surface area contributed by atoms with Crippen molar-refractivity contribution < 1.29 is 4.79 Å². The molecule has 3 heteroatoms. The number of anilines is 1. The van der Waals surface area contributed by atoms with Crippen molar-refractivity contribution in [2.24, 2.45) is 5.41 Å². The molecule has 2 aromatic rings. The molecule has 0 unspecified atom stereocenters. The molecule has 0 radical (unpaired) electrons. The SMILES string of the molecule is CC1(C)CN(c2ccc3ccccc3c2)NC1=O. The fourth-order valence-corrected chi connectivity index (χ4v) is 2.28. The van der Waals surface area contributed by atoms with Gasteiger partial charge >= 0.3 is 0 Å². The Balaban J connectivity index is 1.98. The molecular formula is C15H16N2O. The second kappa shape index (κ2) is 3.73. The van der Waals surface area contributed by atoms with E-state index in [-0.39, 0.29) is 11.3 Å². The van der Waals surface area contributed by atoms with Gasteiger partial charge in [0.25, 0.3) is 0 Å². The van der Waals surface area contributed by atoms with Gasteiger partial charge in [-0.15, -0.1) is 0 Å². The van der Waals surface area contributed by atoms with Crippen molar-refractivity contribution in [2.45, 2.75) is 13.8 Å². The molecule has 3 nitrogen and oxygen atoms in total. The van der Waals surface area contributed by atoms with Gasteiger partial charge < -0.3 is 0 Å². The highest BCUT2D eigenvalue weighted by molar-refractivity contribution is 5.90. The second-order valence-electron chi connectivity index (χ2n) is 5.44. The van der Waals surface area contributed by atoms with Crippen LogP contribution in [-0.4, -0.2) is 12.5 Å². The van der Waals surface area contributed by atoms with E-state index in [0.29, 0.717) is 6.54 Å². The summed E-state index contributed by atoms with van der Waals surface area (Å²) in [6.45, 7) is 4.62. The molecule has 0 bridgehead atoms. The fourth-order valence-electron chi connectivity index (χ4n) is 2.28. The number of rotatable bonds is 1. The van der Waals surface area contributed by atoms with Crippen molar-refractivity contribution in [2.75, 3.05) is 11.6 Å². The molecule has 1 N–H and O–H groups in total. The van der Waals surface area contributed by atoms with Crippen LogP contribution >= 0.6 is 0 Å². The number of nitrogens with one attached hydrogen (secondary N) is 1. The lowest BCUT2D eigenvalue weighted by atomic mass is 9.94. The van der Waals surface area contributed by atoms with E-state index in [1.165, 1.54) is 10.8 Å². The lowest BCUT2D eigenvalue weighted by Crippen LogP contribution is -2.33. The second-order valence-corrected chi connectivity index (χ2v) is 5.44. The van der Waals surface area contributed by atoms with Gasteiger partial charge in [0.15, 0.2) is 0 Å². The largest absolute Gasteiger partial charge is 0.284 e. The zero-order valence-electron chi connectivity index (χ0n) is 10.6. The Morgan fingerprint density at radius 3 is 2.50 bits per heavy atom. The minimum Gasteiger partial charge on any atom is -0.284 e. The smallest absolute Gasteiger partial charge is 0.246 e. The number of amides is 1. The quantitative estimate of drug-likeness (QED) is 0.831. The summed E-state index contributed by atoms with van der Waals surface area (Å²) in [6.07, 6.45) is 0. The first kappa shape index (κ1) is 11.1. The van der Waals surface area contributed by atoms with E-state index < -0.39 is 0 Å². The van der Waals surface area contributed by atoms with Gasteiger partial charge in [0.1, 0.15) is 0 Å². The highest BCUT2D eigenvalue weighted by atomic mass is 16.2. The summed E-state index contributed by atoms with van der Waals surface area (Å²) in [5.74, 6) is 0.0793. The molecule has 0 atom stereocenters. The average Bonchev–Trinajstić information content (AvgIpc) is 2.63. The molecule has 2 aromatic carbocycles. The monoisotopic (exact) mass is 240 g/mol. The van der Waals surface area contributed by atoms with Crippen LogP contribution in [-0.2, 0) is 4.79 Å². The summed E-state index contributed by atoms with van der Waals surface area (Å²) < 4.78 is 0. The first-order chi connectivity index (χ1) is 8.56. The molecule has 18 heavy (non-hydrogen) atoms. The first-order valence-electron chi connectivity index (χ1n) is 6.14. The van der Waals surface area contributed by atoms with E-state index in [4.69, 9.17) is 0 Å². The number of hydrogen-bond donors (Lipinski definition) is 1. The Labute approximate surface area is 106 Å². The van der Waals surface area contributed by atoms with Crippen molar-refractivity contribution in [1.82, 2.24) is 5.43 Å². The summed E-state index contributed by atoms with van der Waals surface area (Å²) >= 11 is 0. The fraction of sp³-hybridized carbons (Fsp3) is 0.267. The molecule has 1 aliphatic heterocycles. The molecule has 0 spiro atoms. The Hall–Kier alpha value is -2.03. The normalized spacial score (nSPS) is 18.1. The van der Waals surface area contributed by atoms with Crippen LogP contribution < -0.4 is 10.4 Å². The minimum atomic E-state index is -0.328. The third-order valence-electron chi connectivity index (χ3n) is 3.45. The maximum absolute atomic E-state index is 11.8. The van der Waals surface area contributed by atoms with E-state index in [1.54, 1.807) is 0 Å². The summed E-state index contributed by atoms with van der Waals surface area (Å²) in [7, 11) is 0. The topological polar surface area (TPSA) is 32.3 Å². The van der Waals surface area contributed by atoms with Crippen molar-refractivity contribution in [3.8, 4) is 0 Å². The summed E-state index contributed by atoms with van der Waals surface area (Å²) in [5.41, 5.74) is 3.63. The van der Waals surface area contributed by atoms with Crippen LogP contribution in [0.4, 0.5) is 5.69 Å². The number of benzene rings is 2. The first-order valence-corrected chi connectivity index (χ1v) is 6.14. The number of nitrogens with zero attached hydrogens (tertiary/aromatic N) is 1. The summed E-state index contributed by atoms with van der Waals surface area (Å²) in [4.78, 5) is 11.8.